The molecule has 5 heteroatoms. The number of piperidine rings is 1. The van der Waals surface area contributed by atoms with E-state index >= 15 is 0 Å². The number of aliphatic hydroxyl groups is 1. The van der Waals surface area contributed by atoms with Crippen LogP contribution in [-0.2, 0) is 9.59 Å². The quantitative estimate of drug-likeness (QED) is 0.827. The third-order valence-corrected chi connectivity index (χ3v) is 3.96. The van der Waals surface area contributed by atoms with Gasteiger partial charge in [-0.25, -0.2) is 0 Å². The average molecular weight is 298 g/mol. The fourth-order valence-corrected chi connectivity index (χ4v) is 2.60. The topological polar surface area (TPSA) is 69.6 Å². The summed E-state index contributed by atoms with van der Waals surface area (Å²) in [5.41, 5.74) is -0.451. The maximum Gasteiger partial charge on any atom is 0.228 e. The first-order valence-electron chi connectivity index (χ1n) is 7.80. The van der Waals surface area contributed by atoms with Crippen LogP contribution in [0.1, 0.15) is 48.0 Å². The first-order valence-corrected chi connectivity index (χ1v) is 7.80. The molecule has 1 aliphatic rings. The van der Waals surface area contributed by atoms with Gasteiger partial charge < -0.3 is 15.3 Å². The zero-order valence-electron chi connectivity index (χ0n) is 14.1. The predicted molar refractivity (Wildman–Crippen MR) is 82.6 cm³/mol. The van der Waals surface area contributed by atoms with Crippen LogP contribution < -0.4 is 5.32 Å². The average Bonchev–Trinajstić information content (AvgIpc) is 2.36. The van der Waals surface area contributed by atoms with Crippen molar-refractivity contribution in [2.24, 2.45) is 17.3 Å². The van der Waals surface area contributed by atoms with E-state index in [1.807, 2.05) is 34.6 Å². The van der Waals surface area contributed by atoms with Crippen LogP contribution in [0.15, 0.2) is 0 Å². The normalized spacial score (nSPS) is 24.9. The van der Waals surface area contributed by atoms with Crippen molar-refractivity contribution in [3.8, 4) is 0 Å². The highest BCUT2D eigenvalue weighted by atomic mass is 16.3. The van der Waals surface area contributed by atoms with Gasteiger partial charge in [0, 0.05) is 36.4 Å². The third-order valence-electron chi connectivity index (χ3n) is 3.96. The molecule has 0 radical (unpaired) electrons. The molecule has 3 unspecified atom stereocenters. The Labute approximate surface area is 128 Å². The summed E-state index contributed by atoms with van der Waals surface area (Å²) in [5.74, 6) is -0.0164. The summed E-state index contributed by atoms with van der Waals surface area (Å²) in [7, 11) is 0. The zero-order chi connectivity index (χ0) is 16.4. The molecule has 2 amide bonds. The van der Waals surface area contributed by atoms with Gasteiger partial charge in [0.1, 0.15) is 0 Å². The molecule has 5 nitrogen and oxygen atoms in total. The number of rotatable bonds is 3. The molecule has 0 aliphatic carbocycles. The monoisotopic (exact) mass is 298 g/mol. The van der Waals surface area contributed by atoms with Gasteiger partial charge in [-0.3, -0.25) is 9.59 Å². The van der Waals surface area contributed by atoms with Crippen LogP contribution in [-0.4, -0.2) is 47.1 Å². The molecular formula is C16H30N2O3. The smallest absolute Gasteiger partial charge is 0.228 e. The Balaban J connectivity index is 2.82. The molecule has 0 saturated carbocycles. The van der Waals surface area contributed by atoms with Crippen molar-refractivity contribution in [3.63, 3.8) is 0 Å². The number of likely N-dealkylation sites (tertiary alicyclic amines) is 1. The highest BCUT2D eigenvalue weighted by Gasteiger charge is 2.36. The van der Waals surface area contributed by atoms with Crippen LogP contribution >= 0.6 is 0 Å². The minimum atomic E-state index is -0.487. The van der Waals surface area contributed by atoms with Gasteiger partial charge in [0.25, 0.3) is 0 Å². The number of aliphatic hydroxyl groups excluding tert-OH is 1. The van der Waals surface area contributed by atoms with E-state index in [0.29, 0.717) is 19.5 Å². The number of nitrogens with zero attached hydrogens (tertiary/aromatic N) is 1. The number of hydrogen-bond acceptors (Lipinski definition) is 3. The van der Waals surface area contributed by atoms with Gasteiger partial charge in [-0.1, -0.05) is 34.6 Å². The number of carbonyl (C=O) groups excluding carboxylic acids is 2. The predicted octanol–water partition coefficient (Wildman–Crippen LogP) is 1.40. The number of nitrogens with one attached hydrogen (secondary N) is 1. The Kier molecular flexibility index (Phi) is 5.79. The maximum absolute atomic E-state index is 12.5. The van der Waals surface area contributed by atoms with Gasteiger partial charge in [-0.15, -0.1) is 0 Å². The molecule has 1 rings (SSSR count). The van der Waals surface area contributed by atoms with E-state index in [2.05, 4.69) is 5.32 Å². The number of hydrogen-bond donors (Lipinski definition) is 2. The molecule has 0 aromatic heterocycles. The summed E-state index contributed by atoms with van der Waals surface area (Å²) in [6.07, 6.45) is 0.225. The lowest BCUT2D eigenvalue weighted by molar-refractivity contribution is -0.143. The van der Waals surface area contributed by atoms with E-state index in [1.165, 1.54) is 0 Å². The van der Waals surface area contributed by atoms with Crippen molar-refractivity contribution < 1.29 is 14.7 Å². The van der Waals surface area contributed by atoms with E-state index in [4.69, 9.17) is 0 Å². The summed E-state index contributed by atoms with van der Waals surface area (Å²) in [6.45, 7) is 12.2. The van der Waals surface area contributed by atoms with Gasteiger partial charge in [0.05, 0.1) is 6.10 Å². The highest BCUT2D eigenvalue weighted by Crippen LogP contribution is 2.25. The van der Waals surface area contributed by atoms with E-state index in [9.17, 15) is 14.7 Å². The van der Waals surface area contributed by atoms with Gasteiger partial charge in [-0.2, -0.15) is 0 Å². The second-order valence-electron chi connectivity index (χ2n) is 7.56. The van der Waals surface area contributed by atoms with Crippen molar-refractivity contribution >= 4 is 11.8 Å². The van der Waals surface area contributed by atoms with Crippen LogP contribution in [0.25, 0.3) is 0 Å². The second kappa shape index (κ2) is 6.77. The Morgan fingerprint density at radius 1 is 1.19 bits per heavy atom. The van der Waals surface area contributed by atoms with Crippen LogP contribution in [0.4, 0.5) is 0 Å². The molecule has 2 N–H and O–H groups in total. The number of carbonyl (C=O) groups is 2. The molecule has 122 valence electrons. The van der Waals surface area contributed by atoms with Crippen LogP contribution in [0.3, 0.4) is 0 Å². The van der Waals surface area contributed by atoms with Gasteiger partial charge in [0.15, 0.2) is 0 Å². The zero-order valence-corrected chi connectivity index (χ0v) is 14.1. The van der Waals surface area contributed by atoms with Crippen molar-refractivity contribution in [2.45, 2.75) is 60.1 Å². The Morgan fingerprint density at radius 2 is 1.76 bits per heavy atom. The maximum atomic E-state index is 12.5. The molecule has 3 atom stereocenters. The Bertz CT molecular complexity index is 385. The molecule has 0 aromatic carbocycles. The first-order chi connectivity index (χ1) is 9.52. The van der Waals surface area contributed by atoms with E-state index in [1.54, 1.807) is 11.8 Å². The van der Waals surface area contributed by atoms with Gasteiger partial charge in [-0.05, 0) is 13.3 Å². The largest absolute Gasteiger partial charge is 0.393 e. The molecule has 0 aromatic rings. The van der Waals surface area contributed by atoms with Crippen molar-refractivity contribution in [2.75, 3.05) is 13.1 Å². The lowest BCUT2D eigenvalue weighted by Crippen LogP contribution is -2.56. The summed E-state index contributed by atoms with van der Waals surface area (Å²) >= 11 is 0. The summed E-state index contributed by atoms with van der Waals surface area (Å²) in [6, 6.07) is -0.0838. The fraction of sp³-hybridized carbons (Fsp3) is 0.875. The van der Waals surface area contributed by atoms with Crippen molar-refractivity contribution in [1.29, 1.82) is 0 Å². The lowest BCUT2D eigenvalue weighted by Gasteiger charge is -2.41. The van der Waals surface area contributed by atoms with Crippen LogP contribution in [0.5, 0.6) is 0 Å². The van der Waals surface area contributed by atoms with E-state index in [0.717, 1.165) is 0 Å². The van der Waals surface area contributed by atoms with E-state index in [-0.39, 0.29) is 29.7 Å². The number of amides is 2. The lowest BCUT2D eigenvalue weighted by atomic mass is 9.87. The molecule has 0 spiro atoms. The summed E-state index contributed by atoms with van der Waals surface area (Å²) in [4.78, 5) is 26.2. The molecular weight excluding hydrogens is 268 g/mol. The third kappa shape index (κ3) is 4.99. The summed E-state index contributed by atoms with van der Waals surface area (Å²) in [5, 5.41) is 12.9. The fourth-order valence-electron chi connectivity index (χ4n) is 2.60. The summed E-state index contributed by atoms with van der Waals surface area (Å²) < 4.78 is 0. The molecule has 1 saturated heterocycles. The standard InChI is InChI=1S/C16H30N2O3/c1-10(2)14(20)17-13-7-12(11(3)19)8-18(9-13)15(21)16(4,5)6/h10-13,19H,7-9H2,1-6H3,(H,17,20). The van der Waals surface area contributed by atoms with Crippen LogP contribution in [0, 0.1) is 17.3 Å². The Morgan fingerprint density at radius 3 is 2.19 bits per heavy atom. The Hall–Kier alpha value is -1.10. The first kappa shape index (κ1) is 18.0. The molecule has 0 bridgehead atoms. The van der Waals surface area contributed by atoms with Crippen molar-refractivity contribution in [3.05, 3.63) is 0 Å². The molecule has 1 fully saturated rings. The minimum absolute atomic E-state index is 0.00233. The SMILES string of the molecule is CC(C)C(=O)NC1CC(C(C)O)CN(C(=O)C(C)(C)C)C1. The van der Waals surface area contributed by atoms with Gasteiger partial charge >= 0.3 is 0 Å². The molecule has 1 heterocycles. The van der Waals surface area contributed by atoms with E-state index < -0.39 is 11.5 Å². The molecule has 1 aliphatic heterocycles. The minimum Gasteiger partial charge on any atom is -0.393 e. The van der Waals surface area contributed by atoms with Crippen molar-refractivity contribution in [1.82, 2.24) is 10.2 Å². The van der Waals surface area contributed by atoms with Gasteiger partial charge in [0.2, 0.25) is 11.8 Å². The second-order valence-corrected chi connectivity index (χ2v) is 7.56. The highest BCUT2D eigenvalue weighted by molar-refractivity contribution is 5.82. The van der Waals surface area contributed by atoms with Crippen LogP contribution in [0.2, 0.25) is 0 Å². The molecule has 21 heavy (non-hydrogen) atoms.